The van der Waals surface area contributed by atoms with Gasteiger partial charge in [0.25, 0.3) is 0 Å². The highest BCUT2D eigenvalue weighted by Crippen LogP contribution is 2.32. The predicted molar refractivity (Wildman–Crippen MR) is 105 cm³/mol. The molecule has 4 rings (SSSR count). The number of pyridine rings is 1. The lowest BCUT2D eigenvalue weighted by Crippen LogP contribution is -2.55. The Kier molecular flexibility index (Phi) is 4.87. The molecule has 2 saturated heterocycles. The van der Waals surface area contributed by atoms with Crippen LogP contribution in [0.4, 0.5) is 11.5 Å². The van der Waals surface area contributed by atoms with Crippen molar-refractivity contribution in [2.45, 2.75) is 45.2 Å². The number of fused-ring (bicyclic) bond motifs is 3. The molecular weight excluding hydrogens is 310 g/mol. The maximum Gasteiger partial charge on any atom is 0.132 e. The molecule has 0 saturated carbocycles. The normalized spacial score (nSPS) is 25.7. The summed E-state index contributed by atoms with van der Waals surface area (Å²) in [4.78, 5) is 15.1. The van der Waals surface area contributed by atoms with E-state index in [1.165, 1.54) is 42.9 Å². The molecule has 3 aliphatic rings. The number of hydrogen-bond acceptors (Lipinski definition) is 5. The molecular formula is C20H33N5. The fourth-order valence-electron chi connectivity index (χ4n) is 4.57. The highest BCUT2D eigenvalue weighted by Gasteiger charge is 2.32. The van der Waals surface area contributed by atoms with Gasteiger partial charge < -0.3 is 14.7 Å². The molecule has 0 aliphatic carbocycles. The molecule has 0 amide bonds. The first kappa shape index (κ1) is 17.1. The van der Waals surface area contributed by atoms with E-state index in [9.17, 15) is 0 Å². The average Bonchev–Trinajstić information content (AvgIpc) is 2.80. The van der Waals surface area contributed by atoms with Crippen molar-refractivity contribution in [3.63, 3.8) is 0 Å². The standard InChI is InChI=1S/C20H33N5/c1-16(2)24-11-12-25-18(15-24)6-4-5-17-13-19(14-21-20(17)25)23-9-7-22(3)8-10-23/h13-14,16,18H,4-12,15H2,1-3H3/t18-/m1/s1. The molecule has 4 heterocycles. The molecule has 5 heteroatoms. The van der Waals surface area contributed by atoms with Gasteiger partial charge in [0.1, 0.15) is 5.82 Å². The van der Waals surface area contributed by atoms with Crippen LogP contribution in [0.1, 0.15) is 32.3 Å². The molecule has 0 N–H and O–H groups in total. The third-order valence-corrected chi connectivity index (χ3v) is 6.30. The summed E-state index contributed by atoms with van der Waals surface area (Å²) in [6, 6.07) is 3.72. The third kappa shape index (κ3) is 3.49. The van der Waals surface area contributed by atoms with Crippen LogP contribution in [0.3, 0.4) is 0 Å². The summed E-state index contributed by atoms with van der Waals surface area (Å²) in [5.74, 6) is 1.27. The van der Waals surface area contributed by atoms with Gasteiger partial charge in [0.05, 0.1) is 11.9 Å². The Morgan fingerprint density at radius 3 is 2.64 bits per heavy atom. The Bertz CT molecular complexity index is 594. The smallest absolute Gasteiger partial charge is 0.132 e. The van der Waals surface area contributed by atoms with Crippen molar-refractivity contribution in [1.82, 2.24) is 14.8 Å². The quantitative estimate of drug-likeness (QED) is 0.819. The first-order valence-electron chi connectivity index (χ1n) is 10.0. The summed E-state index contributed by atoms with van der Waals surface area (Å²) in [7, 11) is 2.21. The van der Waals surface area contributed by atoms with Crippen LogP contribution in [0, 0.1) is 0 Å². The molecule has 25 heavy (non-hydrogen) atoms. The van der Waals surface area contributed by atoms with Gasteiger partial charge in [-0.05, 0) is 51.8 Å². The summed E-state index contributed by atoms with van der Waals surface area (Å²) >= 11 is 0. The van der Waals surface area contributed by atoms with Crippen molar-refractivity contribution < 1.29 is 0 Å². The average molecular weight is 344 g/mol. The zero-order chi connectivity index (χ0) is 17.4. The second-order valence-electron chi connectivity index (χ2n) is 8.29. The van der Waals surface area contributed by atoms with Crippen molar-refractivity contribution in [2.75, 3.05) is 62.7 Å². The van der Waals surface area contributed by atoms with Gasteiger partial charge in [-0.15, -0.1) is 0 Å². The number of nitrogens with zero attached hydrogens (tertiary/aromatic N) is 5. The van der Waals surface area contributed by atoms with Crippen LogP contribution in [0.25, 0.3) is 0 Å². The van der Waals surface area contributed by atoms with Crippen LogP contribution < -0.4 is 9.80 Å². The van der Waals surface area contributed by atoms with Crippen molar-refractivity contribution in [1.29, 1.82) is 0 Å². The highest BCUT2D eigenvalue weighted by molar-refractivity contribution is 5.58. The topological polar surface area (TPSA) is 25.9 Å². The van der Waals surface area contributed by atoms with Crippen LogP contribution >= 0.6 is 0 Å². The predicted octanol–water partition coefficient (Wildman–Crippen LogP) is 2.07. The zero-order valence-electron chi connectivity index (χ0n) is 16.1. The molecule has 1 aromatic rings. The van der Waals surface area contributed by atoms with Gasteiger partial charge in [-0.2, -0.15) is 0 Å². The van der Waals surface area contributed by atoms with E-state index < -0.39 is 0 Å². The second kappa shape index (κ2) is 7.12. The van der Waals surface area contributed by atoms with E-state index in [0.717, 1.165) is 39.3 Å². The number of likely N-dealkylation sites (N-methyl/N-ethyl adjacent to an activating group) is 1. The third-order valence-electron chi connectivity index (χ3n) is 6.30. The summed E-state index contributed by atoms with van der Waals surface area (Å²) in [5, 5.41) is 0. The molecule has 0 unspecified atom stereocenters. The summed E-state index contributed by atoms with van der Waals surface area (Å²) in [5.41, 5.74) is 2.79. The number of piperazine rings is 2. The maximum absolute atomic E-state index is 4.98. The Hall–Kier alpha value is -1.33. The van der Waals surface area contributed by atoms with Crippen LogP contribution in [0.2, 0.25) is 0 Å². The van der Waals surface area contributed by atoms with E-state index in [-0.39, 0.29) is 0 Å². The Balaban J connectivity index is 1.54. The van der Waals surface area contributed by atoms with E-state index in [1.54, 1.807) is 0 Å². The van der Waals surface area contributed by atoms with Gasteiger partial charge in [0.2, 0.25) is 0 Å². The summed E-state index contributed by atoms with van der Waals surface area (Å²) in [6.45, 7) is 12.7. The highest BCUT2D eigenvalue weighted by atomic mass is 15.3. The number of aryl methyl sites for hydroxylation is 1. The SMILES string of the molecule is CC(C)N1CCN2c3ncc(N4CCN(C)CC4)cc3CCC[C@@H]2C1. The first-order valence-corrected chi connectivity index (χ1v) is 10.0. The Morgan fingerprint density at radius 2 is 1.88 bits per heavy atom. The molecule has 0 aromatic carbocycles. The molecule has 0 bridgehead atoms. The van der Waals surface area contributed by atoms with E-state index in [1.807, 2.05) is 0 Å². The fourth-order valence-corrected chi connectivity index (χ4v) is 4.57. The Labute approximate surface area is 152 Å². The lowest BCUT2D eigenvalue weighted by atomic mass is 10.1. The molecule has 0 spiro atoms. The number of rotatable bonds is 2. The van der Waals surface area contributed by atoms with Gasteiger partial charge in [0.15, 0.2) is 0 Å². The summed E-state index contributed by atoms with van der Waals surface area (Å²) < 4.78 is 0. The number of aromatic nitrogens is 1. The second-order valence-corrected chi connectivity index (χ2v) is 8.29. The van der Waals surface area contributed by atoms with E-state index in [0.29, 0.717) is 12.1 Å². The van der Waals surface area contributed by atoms with Gasteiger partial charge in [-0.3, -0.25) is 4.90 Å². The fraction of sp³-hybridized carbons (Fsp3) is 0.750. The first-order chi connectivity index (χ1) is 12.1. The Morgan fingerprint density at radius 1 is 1.08 bits per heavy atom. The lowest BCUT2D eigenvalue weighted by molar-refractivity contribution is 0.177. The van der Waals surface area contributed by atoms with Crippen LogP contribution in [-0.2, 0) is 6.42 Å². The van der Waals surface area contributed by atoms with Gasteiger partial charge >= 0.3 is 0 Å². The van der Waals surface area contributed by atoms with Gasteiger partial charge in [-0.25, -0.2) is 4.98 Å². The van der Waals surface area contributed by atoms with Crippen LogP contribution in [-0.4, -0.2) is 79.7 Å². The molecule has 138 valence electrons. The minimum atomic E-state index is 0.638. The van der Waals surface area contributed by atoms with E-state index in [2.05, 4.69) is 52.8 Å². The maximum atomic E-state index is 4.98. The van der Waals surface area contributed by atoms with E-state index >= 15 is 0 Å². The van der Waals surface area contributed by atoms with Crippen LogP contribution in [0.5, 0.6) is 0 Å². The van der Waals surface area contributed by atoms with Crippen molar-refractivity contribution in [3.8, 4) is 0 Å². The molecule has 0 radical (unpaired) electrons. The molecule has 2 fully saturated rings. The van der Waals surface area contributed by atoms with Crippen LogP contribution in [0.15, 0.2) is 12.3 Å². The van der Waals surface area contributed by atoms with E-state index in [4.69, 9.17) is 4.98 Å². The van der Waals surface area contributed by atoms with Gasteiger partial charge in [0, 0.05) is 57.9 Å². The van der Waals surface area contributed by atoms with Crippen molar-refractivity contribution in [2.24, 2.45) is 0 Å². The molecule has 1 aromatic heterocycles. The monoisotopic (exact) mass is 343 g/mol. The number of anilines is 2. The largest absolute Gasteiger partial charge is 0.368 e. The molecule has 1 atom stereocenters. The summed E-state index contributed by atoms with van der Waals surface area (Å²) in [6.07, 6.45) is 5.89. The lowest BCUT2D eigenvalue weighted by Gasteiger charge is -2.43. The van der Waals surface area contributed by atoms with Crippen molar-refractivity contribution >= 4 is 11.5 Å². The van der Waals surface area contributed by atoms with Crippen molar-refractivity contribution in [3.05, 3.63) is 17.8 Å². The molecule has 5 nitrogen and oxygen atoms in total. The number of hydrogen-bond donors (Lipinski definition) is 0. The minimum Gasteiger partial charge on any atom is -0.368 e. The van der Waals surface area contributed by atoms with Gasteiger partial charge in [-0.1, -0.05) is 0 Å². The minimum absolute atomic E-state index is 0.638. The molecule has 3 aliphatic heterocycles. The zero-order valence-corrected chi connectivity index (χ0v) is 16.1.